The van der Waals surface area contributed by atoms with E-state index in [1.807, 2.05) is 0 Å². The normalized spacial score (nSPS) is 11.8. The molecule has 0 radical (unpaired) electrons. The molecule has 4 heteroatoms. The van der Waals surface area contributed by atoms with E-state index in [9.17, 15) is 9.50 Å². The molecule has 1 aromatic rings. The van der Waals surface area contributed by atoms with Crippen molar-refractivity contribution >= 4 is 15.9 Å². The highest BCUT2D eigenvalue weighted by molar-refractivity contribution is 9.10. The molecule has 0 bridgehead atoms. The van der Waals surface area contributed by atoms with Gasteiger partial charge in [0.05, 0.1) is 4.47 Å². The first-order valence-corrected chi connectivity index (χ1v) is 4.59. The fraction of sp³-hybridized carbons (Fsp3) is 0.333. The Balaban J connectivity index is 3.32. The number of aromatic hydroxyl groups is 1. The number of phenols is 1. The van der Waals surface area contributed by atoms with Gasteiger partial charge in [-0.3, -0.25) is 0 Å². The molecule has 0 atom stereocenters. The molecule has 0 saturated carbocycles. The van der Waals surface area contributed by atoms with Crippen molar-refractivity contribution < 1.29 is 9.50 Å². The van der Waals surface area contributed by atoms with Crippen molar-refractivity contribution in [2.75, 3.05) is 0 Å². The van der Waals surface area contributed by atoms with Crippen LogP contribution in [0.15, 0.2) is 16.6 Å². The summed E-state index contributed by atoms with van der Waals surface area (Å²) in [5.74, 6) is -0.612. The molecule has 72 valence electrons. The summed E-state index contributed by atoms with van der Waals surface area (Å²) in [6.45, 7) is 3.48. The zero-order valence-electron chi connectivity index (χ0n) is 7.44. The van der Waals surface area contributed by atoms with E-state index < -0.39 is 11.4 Å². The summed E-state index contributed by atoms with van der Waals surface area (Å²) < 4.78 is 13.2. The van der Waals surface area contributed by atoms with Crippen molar-refractivity contribution in [1.29, 1.82) is 0 Å². The van der Waals surface area contributed by atoms with Crippen LogP contribution in [0, 0.1) is 5.82 Å². The van der Waals surface area contributed by atoms with Gasteiger partial charge in [0.1, 0.15) is 11.6 Å². The summed E-state index contributed by atoms with van der Waals surface area (Å²) >= 11 is 3.03. The summed E-state index contributed by atoms with van der Waals surface area (Å²) in [6, 6.07) is 2.54. The lowest BCUT2D eigenvalue weighted by atomic mass is 9.95. The van der Waals surface area contributed by atoms with Crippen LogP contribution in [0.25, 0.3) is 0 Å². The maximum atomic E-state index is 12.9. The van der Waals surface area contributed by atoms with Crippen LogP contribution in [0.3, 0.4) is 0 Å². The van der Waals surface area contributed by atoms with Gasteiger partial charge in [0.2, 0.25) is 0 Å². The second-order valence-corrected chi connectivity index (χ2v) is 4.36. The Labute approximate surface area is 84.7 Å². The fourth-order valence-corrected chi connectivity index (χ4v) is 1.40. The highest BCUT2D eigenvalue weighted by Gasteiger charge is 2.20. The van der Waals surface area contributed by atoms with Crippen molar-refractivity contribution in [3.05, 3.63) is 28.0 Å². The van der Waals surface area contributed by atoms with Crippen LogP contribution in [-0.2, 0) is 5.54 Å². The molecule has 0 aliphatic rings. The zero-order chi connectivity index (χ0) is 10.2. The van der Waals surface area contributed by atoms with Crippen LogP contribution in [0.1, 0.15) is 19.4 Å². The van der Waals surface area contributed by atoms with Crippen molar-refractivity contribution in [2.45, 2.75) is 19.4 Å². The monoisotopic (exact) mass is 247 g/mol. The smallest absolute Gasteiger partial charge is 0.141 e. The molecule has 1 rings (SSSR count). The highest BCUT2D eigenvalue weighted by atomic mass is 79.9. The molecule has 1 aromatic carbocycles. The number of hydrogen-bond acceptors (Lipinski definition) is 2. The van der Waals surface area contributed by atoms with E-state index in [1.165, 1.54) is 6.07 Å². The van der Waals surface area contributed by atoms with Crippen molar-refractivity contribution in [3.63, 3.8) is 0 Å². The first-order chi connectivity index (χ1) is 5.82. The molecule has 0 spiro atoms. The second-order valence-electron chi connectivity index (χ2n) is 3.51. The molecule has 0 aliphatic carbocycles. The maximum absolute atomic E-state index is 12.9. The van der Waals surface area contributed by atoms with Gasteiger partial charge >= 0.3 is 0 Å². The van der Waals surface area contributed by atoms with Gasteiger partial charge in [0.25, 0.3) is 0 Å². The summed E-state index contributed by atoms with van der Waals surface area (Å²) in [6.07, 6.45) is 0. The minimum atomic E-state index is -0.680. The van der Waals surface area contributed by atoms with E-state index in [-0.39, 0.29) is 5.75 Å². The lowest BCUT2D eigenvalue weighted by Crippen LogP contribution is -2.28. The summed E-state index contributed by atoms with van der Waals surface area (Å²) in [5.41, 5.74) is 5.61. The van der Waals surface area contributed by atoms with Gasteiger partial charge in [-0.2, -0.15) is 0 Å². The minimum absolute atomic E-state index is 0.117. The standard InChI is InChI=1S/C9H11BrFNO/c1-9(2,12)5-3-6(10)7(11)4-8(5)13/h3-4,13H,12H2,1-2H3. The van der Waals surface area contributed by atoms with E-state index in [4.69, 9.17) is 5.73 Å². The second kappa shape index (κ2) is 3.27. The third-order valence-electron chi connectivity index (χ3n) is 1.73. The van der Waals surface area contributed by atoms with Gasteiger partial charge in [0.15, 0.2) is 0 Å². The van der Waals surface area contributed by atoms with Crippen LogP contribution in [0.5, 0.6) is 5.75 Å². The van der Waals surface area contributed by atoms with Gasteiger partial charge in [-0.25, -0.2) is 4.39 Å². The van der Waals surface area contributed by atoms with E-state index in [2.05, 4.69) is 15.9 Å². The Morgan fingerprint density at radius 3 is 2.46 bits per heavy atom. The molecule has 0 aromatic heterocycles. The number of rotatable bonds is 1. The lowest BCUT2D eigenvalue weighted by molar-refractivity contribution is 0.434. The zero-order valence-corrected chi connectivity index (χ0v) is 9.02. The first kappa shape index (κ1) is 10.5. The van der Waals surface area contributed by atoms with E-state index in [0.717, 1.165) is 6.07 Å². The van der Waals surface area contributed by atoms with E-state index in [0.29, 0.717) is 10.0 Å². The van der Waals surface area contributed by atoms with Crippen molar-refractivity contribution in [3.8, 4) is 5.75 Å². The maximum Gasteiger partial charge on any atom is 0.141 e. The lowest BCUT2D eigenvalue weighted by Gasteiger charge is -2.20. The predicted octanol–water partition coefficient (Wildman–Crippen LogP) is 2.49. The topological polar surface area (TPSA) is 46.2 Å². The number of hydrogen-bond donors (Lipinski definition) is 2. The van der Waals surface area contributed by atoms with Gasteiger partial charge in [-0.05, 0) is 35.8 Å². The molecule has 0 aliphatic heterocycles. The Hall–Kier alpha value is -0.610. The quantitative estimate of drug-likeness (QED) is 0.801. The minimum Gasteiger partial charge on any atom is -0.507 e. The highest BCUT2D eigenvalue weighted by Crippen LogP contribution is 2.31. The Morgan fingerprint density at radius 2 is 2.00 bits per heavy atom. The molecule has 2 nitrogen and oxygen atoms in total. The Bertz CT molecular complexity index is 333. The summed E-state index contributed by atoms with van der Waals surface area (Å²) in [4.78, 5) is 0. The fourth-order valence-electron chi connectivity index (χ4n) is 1.05. The molecule has 13 heavy (non-hydrogen) atoms. The van der Waals surface area contributed by atoms with E-state index >= 15 is 0 Å². The van der Waals surface area contributed by atoms with Crippen molar-refractivity contribution in [1.82, 2.24) is 0 Å². The summed E-state index contributed by atoms with van der Waals surface area (Å²) in [7, 11) is 0. The average molecular weight is 248 g/mol. The molecule has 0 saturated heterocycles. The molecule has 0 unspecified atom stereocenters. The third-order valence-corrected chi connectivity index (χ3v) is 2.34. The van der Waals surface area contributed by atoms with Crippen LogP contribution in [-0.4, -0.2) is 5.11 Å². The van der Waals surface area contributed by atoms with Gasteiger partial charge < -0.3 is 10.8 Å². The molecule has 0 heterocycles. The van der Waals surface area contributed by atoms with Crippen LogP contribution in [0.4, 0.5) is 4.39 Å². The predicted molar refractivity (Wildman–Crippen MR) is 53.0 cm³/mol. The first-order valence-electron chi connectivity index (χ1n) is 3.79. The molecule has 0 fully saturated rings. The van der Waals surface area contributed by atoms with E-state index in [1.54, 1.807) is 13.8 Å². The number of halogens is 2. The number of nitrogens with two attached hydrogens (primary N) is 1. The van der Waals surface area contributed by atoms with Gasteiger partial charge in [0, 0.05) is 17.2 Å². The third kappa shape index (κ3) is 2.19. The SMILES string of the molecule is CC(C)(N)c1cc(Br)c(F)cc1O. The van der Waals surface area contributed by atoms with Gasteiger partial charge in [-0.1, -0.05) is 0 Å². The van der Waals surface area contributed by atoms with Crippen molar-refractivity contribution in [2.24, 2.45) is 5.73 Å². The Morgan fingerprint density at radius 1 is 1.46 bits per heavy atom. The average Bonchev–Trinajstić information content (AvgIpc) is 1.94. The van der Waals surface area contributed by atoms with Gasteiger partial charge in [-0.15, -0.1) is 0 Å². The summed E-state index contributed by atoms with van der Waals surface area (Å²) in [5, 5.41) is 9.41. The number of phenolic OH excluding ortho intramolecular Hbond substituents is 1. The van der Waals surface area contributed by atoms with Crippen LogP contribution in [0.2, 0.25) is 0 Å². The molecular formula is C9H11BrFNO. The number of benzene rings is 1. The molecular weight excluding hydrogens is 237 g/mol. The van der Waals surface area contributed by atoms with Crippen LogP contribution >= 0.6 is 15.9 Å². The Kier molecular flexibility index (Phi) is 2.63. The van der Waals surface area contributed by atoms with Crippen LogP contribution < -0.4 is 5.73 Å². The molecule has 0 amide bonds. The molecule has 3 N–H and O–H groups in total. The largest absolute Gasteiger partial charge is 0.507 e.